The predicted molar refractivity (Wildman–Crippen MR) is 54.3 cm³/mol. The topological polar surface area (TPSA) is 127 Å². The third-order valence-electron chi connectivity index (χ3n) is 1.59. The molecular formula is C8H12N4O5. The highest BCUT2D eigenvalue weighted by Gasteiger charge is 1.96. The number of methoxy groups -OCH3 is 1. The van der Waals surface area contributed by atoms with Crippen LogP contribution >= 0.6 is 0 Å². The van der Waals surface area contributed by atoms with Crippen LogP contribution in [0.2, 0.25) is 0 Å². The lowest BCUT2D eigenvalue weighted by atomic mass is 10.5. The van der Waals surface area contributed by atoms with Crippen LogP contribution in [0.15, 0.2) is 18.6 Å². The minimum Gasteiger partial charge on any atom is -0.377 e. The minimum atomic E-state index is -0.554. The van der Waals surface area contributed by atoms with E-state index in [2.05, 4.69) is 34.1 Å². The fourth-order valence-electron chi connectivity index (χ4n) is 0.872. The highest BCUT2D eigenvalue weighted by atomic mass is 16.5. The number of aromatic nitrogens is 4. The summed E-state index contributed by atoms with van der Waals surface area (Å²) in [5.74, 6) is -0.0404. The first-order valence-electron chi connectivity index (χ1n) is 4.74. The smallest absolute Gasteiger partial charge is 0.377 e. The predicted octanol–water partition coefficient (Wildman–Crippen LogP) is -0.565. The number of H-pyrrole nitrogens is 2. The molecule has 0 saturated carbocycles. The number of nitrogens with zero attached hydrogens (tertiary/aromatic N) is 2. The first kappa shape index (κ1) is 12.9. The molecule has 0 fully saturated rings. The van der Waals surface area contributed by atoms with Gasteiger partial charge in [0.1, 0.15) is 6.61 Å². The van der Waals surface area contributed by atoms with E-state index < -0.39 is 11.5 Å². The summed E-state index contributed by atoms with van der Waals surface area (Å²) in [6.45, 7) is 2.15. The third kappa shape index (κ3) is 4.47. The van der Waals surface area contributed by atoms with Crippen LogP contribution in [-0.2, 0) is 17.8 Å². The van der Waals surface area contributed by atoms with Gasteiger partial charge < -0.3 is 4.74 Å². The Hall–Kier alpha value is -2.16. The molecule has 0 aliphatic rings. The maximum atomic E-state index is 10.2. The van der Waals surface area contributed by atoms with Crippen molar-refractivity contribution in [2.45, 2.75) is 20.0 Å². The molecule has 0 amide bonds. The number of aromatic amines is 2. The Labute approximate surface area is 94.8 Å². The monoisotopic (exact) mass is 244 g/mol. The Morgan fingerprint density at radius 1 is 1.12 bits per heavy atom. The van der Waals surface area contributed by atoms with Crippen molar-refractivity contribution >= 4 is 0 Å². The normalized spacial score (nSPS) is 9.76. The molecule has 0 bridgehead atoms. The molecule has 0 aliphatic heterocycles. The van der Waals surface area contributed by atoms with Crippen molar-refractivity contribution in [1.29, 1.82) is 0 Å². The van der Waals surface area contributed by atoms with Gasteiger partial charge >= 0.3 is 11.5 Å². The standard InChI is InChI=1S/C4H6N2O3.C4H6N2O2/c1-8-2-3-5-4(7)9-6-3;1-2-3-5-4(7)8-6-3/h2H2,1H3,(H,5,6,7);2H2,1H3,(H,5,6,7). The van der Waals surface area contributed by atoms with Crippen LogP contribution in [0.3, 0.4) is 0 Å². The summed E-state index contributed by atoms with van der Waals surface area (Å²) in [4.78, 5) is 25.1. The van der Waals surface area contributed by atoms with Crippen molar-refractivity contribution in [2.24, 2.45) is 0 Å². The molecule has 9 nitrogen and oxygen atoms in total. The summed E-state index contributed by atoms with van der Waals surface area (Å²) in [5, 5.41) is 6.73. The van der Waals surface area contributed by atoms with Gasteiger partial charge in [0.25, 0.3) is 0 Å². The average Bonchev–Trinajstić information content (AvgIpc) is 2.89. The van der Waals surface area contributed by atoms with E-state index in [-0.39, 0.29) is 6.61 Å². The molecule has 2 aromatic rings. The zero-order chi connectivity index (χ0) is 12.7. The van der Waals surface area contributed by atoms with Crippen molar-refractivity contribution in [1.82, 2.24) is 20.3 Å². The molecular weight excluding hydrogens is 232 g/mol. The number of aryl methyl sites for hydroxylation is 1. The summed E-state index contributed by atoms with van der Waals surface area (Å²) in [7, 11) is 1.51. The van der Waals surface area contributed by atoms with Crippen molar-refractivity contribution in [3.05, 3.63) is 32.8 Å². The Morgan fingerprint density at radius 3 is 1.94 bits per heavy atom. The van der Waals surface area contributed by atoms with Gasteiger partial charge in [-0.1, -0.05) is 17.2 Å². The van der Waals surface area contributed by atoms with Gasteiger partial charge in [-0.05, 0) is 0 Å². The molecule has 0 spiro atoms. The molecule has 94 valence electrons. The molecule has 2 aromatic heterocycles. The largest absolute Gasteiger partial charge is 0.438 e. The van der Waals surface area contributed by atoms with Crippen molar-refractivity contribution < 1.29 is 13.8 Å². The number of nitrogens with one attached hydrogen (secondary N) is 2. The van der Waals surface area contributed by atoms with Crippen LogP contribution in [0.5, 0.6) is 0 Å². The highest BCUT2D eigenvalue weighted by Crippen LogP contribution is 1.84. The van der Waals surface area contributed by atoms with Gasteiger partial charge in [-0.15, -0.1) is 0 Å². The van der Waals surface area contributed by atoms with Crippen LogP contribution < -0.4 is 11.5 Å². The summed E-state index contributed by atoms with van der Waals surface area (Å²) < 4.78 is 13.0. The SMILES string of the molecule is CCc1noc(=O)[nH]1.COCc1noc(=O)[nH]1. The maximum absolute atomic E-state index is 10.2. The van der Waals surface area contributed by atoms with Gasteiger partial charge in [0, 0.05) is 13.5 Å². The van der Waals surface area contributed by atoms with Crippen LogP contribution in [0.25, 0.3) is 0 Å². The molecule has 2 N–H and O–H groups in total. The van der Waals surface area contributed by atoms with E-state index in [9.17, 15) is 9.59 Å². The zero-order valence-electron chi connectivity index (χ0n) is 9.35. The third-order valence-corrected chi connectivity index (χ3v) is 1.59. The molecule has 2 heterocycles. The lowest BCUT2D eigenvalue weighted by Crippen LogP contribution is -1.97. The summed E-state index contributed by atoms with van der Waals surface area (Å²) in [5.41, 5.74) is 0. The molecule has 0 unspecified atom stereocenters. The van der Waals surface area contributed by atoms with Gasteiger partial charge in [-0.25, -0.2) is 9.59 Å². The fourth-order valence-corrected chi connectivity index (χ4v) is 0.872. The Bertz CT molecular complexity index is 536. The van der Waals surface area contributed by atoms with Gasteiger partial charge in [-0.3, -0.25) is 19.0 Å². The second-order valence-electron chi connectivity index (χ2n) is 2.87. The van der Waals surface area contributed by atoms with E-state index in [4.69, 9.17) is 0 Å². The van der Waals surface area contributed by atoms with Gasteiger partial charge in [0.2, 0.25) is 0 Å². The van der Waals surface area contributed by atoms with Crippen molar-refractivity contribution in [3.63, 3.8) is 0 Å². The fraction of sp³-hybridized carbons (Fsp3) is 0.500. The molecule has 0 radical (unpaired) electrons. The first-order chi connectivity index (χ1) is 8.15. The molecule has 0 atom stereocenters. The van der Waals surface area contributed by atoms with Crippen LogP contribution in [0, 0.1) is 0 Å². The van der Waals surface area contributed by atoms with E-state index in [1.807, 2.05) is 6.92 Å². The van der Waals surface area contributed by atoms with Crippen molar-refractivity contribution in [3.8, 4) is 0 Å². The van der Waals surface area contributed by atoms with Gasteiger partial charge in [0.15, 0.2) is 11.6 Å². The summed E-state index contributed by atoms with van der Waals surface area (Å²) in [6.07, 6.45) is 0.700. The van der Waals surface area contributed by atoms with E-state index in [1.165, 1.54) is 7.11 Å². The molecule has 9 heteroatoms. The number of hydrogen-bond donors (Lipinski definition) is 2. The average molecular weight is 244 g/mol. The van der Waals surface area contributed by atoms with Crippen LogP contribution in [0.1, 0.15) is 18.6 Å². The van der Waals surface area contributed by atoms with Crippen LogP contribution in [-0.4, -0.2) is 27.4 Å². The van der Waals surface area contributed by atoms with E-state index >= 15 is 0 Å². The Balaban J connectivity index is 0.000000171. The first-order valence-corrected chi connectivity index (χ1v) is 4.74. The Kier molecular flexibility index (Phi) is 4.88. The number of hydrogen-bond acceptors (Lipinski definition) is 7. The van der Waals surface area contributed by atoms with E-state index in [1.54, 1.807) is 0 Å². The van der Waals surface area contributed by atoms with Crippen molar-refractivity contribution in [2.75, 3.05) is 7.11 Å². The lowest BCUT2D eigenvalue weighted by Gasteiger charge is -1.85. The quantitative estimate of drug-likeness (QED) is 0.740. The molecule has 0 aromatic carbocycles. The number of rotatable bonds is 3. The summed E-state index contributed by atoms with van der Waals surface area (Å²) >= 11 is 0. The highest BCUT2D eigenvalue weighted by molar-refractivity contribution is 4.74. The summed E-state index contributed by atoms with van der Waals surface area (Å²) in [6, 6.07) is 0. The second-order valence-corrected chi connectivity index (χ2v) is 2.87. The second kappa shape index (κ2) is 6.43. The molecule has 2 rings (SSSR count). The molecule has 17 heavy (non-hydrogen) atoms. The molecule has 0 saturated heterocycles. The zero-order valence-corrected chi connectivity index (χ0v) is 9.35. The van der Waals surface area contributed by atoms with E-state index in [0.29, 0.717) is 18.1 Å². The maximum Gasteiger partial charge on any atom is 0.438 e. The van der Waals surface area contributed by atoms with Gasteiger partial charge in [0.05, 0.1) is 0 Å². The van der Waals surface area contributed by atoms with E-state index in [0.717, 1.165) is 0 Å². The number of ether oxygens (including phenoxy) is 1. The Morgan fingerprint density at radius 2 is 1.65 bits per heavy atom. The van der Waals surface area contributed by atoms with Crippen LogP contribution in [0.4, 0.5) is 0 Å². The van der Waals surface area contributed by atoms with Gasteiger partial charge in [-0.2, -0.15) is 0 Å². The minimum absolute atomic E-state index is 0.270. The lowest BCUT2D eigenvalue weighted by molar-refractivity contribution is 0.174. The molecule has 0 aliphatic carbocycles.